The molecule has 13 heteroatoms. The Morgan fingerprint density at radius 2 is 1.88 bits per heavy atom. The van der Waals surface area contributed by atoms with E-state index >= 15 is 0 Å². The van der Waals surface area contributed by atoms with Gasteiger partial charge in [-0.2, -0.15) is 9.37 Å². The third-order valence-corrected chi connectivity index (χ3v) is 8.94. The lowest BCUT2D eigenvalue weighted by Gasteiger charge is -2.28. The molecule has 0 saturated carbocycles. The van der Waals surface area contributed by atoms with E-state index in [1.165, 1.54) is 16.4 Å². The first-order chi connectivity index (χ1) is 19.0. The van der Waals surface area contributed by atoms with Gasteiger partial charge in [0.15, 0.2) is 11.5 Å². The Labute approximate surface area is 237 Å². The summed E-state index contributed by atoms with van der Waals surface area (Å²) in [4.78, 5) is 16.1. The fourth-order valence-electron chi connectivity index (χ4n) is 4.29. The fraction of sp³-hybridized carbons (Fsp3) is 0.407. The van der Waals surface area contributed by atoms with Crippen molar-refractivity contribution in [1.29, 1.82) is 0 Å². The van der Waals surface area contributed by atoms with Gasteiger partial charge in [-0.3, -0.25) is 5.21 Å². The van der Waals surface area contributed by atoms with Gasteiger partial charge in [0.1, 0.15) is 12.4 Å². The Balaban J connectivity index is 1.45. The minimum atomic E-state index is -3.94. The first kappa shape index (κ1) is 29.6. The van der Waals surface area contributed by atoms with Gasteiger partial charge in [0.2, 0.25) is 16.8 Å². The lowest BCUT2D eigenvalue weighted by molar-refractivity contribution is -0.0984. The number of benzene rings is 2. The Kier molecular flexibility index (Phi) is 9.51. The van der Waals surface area contributed by atoms with Crippen LogP contribution in [0.5, 0.6) is 17.2 Å². The molecule has 1 aliphatic heterocycles. The van der Waals surface area contributed by atoms with Gasteiger partial charge < -0.3 is 19.3 Å². The second-order valence-corrected chi connectivity index (χ2v) is 12.8. The zero-order valence-corrected chi connectivity index (χ0v) is 24.2. The number of ether oxygens (including phenoxy) is 3. The van der Waals surface area contributed by atoms with E-state index in [2.05, 4.69) is 4.98 Å². The van der Waals surface area contributed by atoms with Crippen LogP contribution in [0.3, 0.4) is 0 Å². The number of fused-ring (bicyclic) bond motifs is 1. The summed E-state index contributed by atoms with van der Waals surface area (Å²) in [6.45, 7) is 6.29. The summed E-state index contributed by atoms with van der Waals surface area (Å²) in [6.07, 6.45) is -1.27. The summed E-state index contributed by atoms with van der Waals surface area (Å²) in [5, 5.41) is 23.0. The van der Waals surface area contributed by atoms with Crippen molar-refractivity contribution < 1.29 is 37.7 Å². The number of aromatic nitrogens is 1. The maximum Gasteiger partial charge on any atom is 0.431 e. The molecule has 2 N–H and O–H groups in total. The van der Waals surface area contributed by atoms with Crippen molar-refractivity contribution in [1.82, 2.24) is 14.4 Å². The molecule has 1 atom stereocenters. The van der Waals surface area contributed by atoms with E-state index in [0.717, 1.165) is 16.3 Å². The predicted molar refractivity (Wildman–Crippen MR) is 148 cm³/mol. The third-order valence-electron chi connectivity index (χ3n) is 6.25. The Bertz CT molecular complexity index is 1410. The highest BCUT2D eigenvalue weighted by Crippen LogP contribution is 2.35. The maximum atomic E-state index is 13.6. The number of nitrogens with zero attached hydrogens (tertiary/aromatic N) is 3. The molecule has 1 amide bonds. The van der Waals surface area contributed by atoms with Gasteiger partial charge in [0.05, 0.1) is 21.6 Å². The van der Waals surface area contributed by atoms with Crippen LogP contribution in [0.15, 0.2) is 52.7 Å². The first-order valence-corrected chi connectivity index (χ1v) is 15.1. The monoisotopic (exact) mass is 591 g/mol. The number of carboxylic acid groups (broad SMARTS) is 1. The topological polar surface area (TPSA) is 139 Å². The van der Waals surface area contributed by atoms with Gasteiger partial charge in [-0.25, -0.2) is 18.2 Å². The maximum absolute atomic E-state index is 13.6. The van der Waals surface area contributed by atoms with Crippen LogP contribution < -0.4 is 14.2 Å². The van der Waals surface area contributed by atoms with Crippen molar-refractivity contribution in [3.05, 3.63) is 64.1 Å². The smallest absolute Gasteiger partial charge is 0.431 e. The van der Waals surface area contributed by atoms with E-state index < -0.39 is 22.2 Å². The van der Waals surface area contributed by atoms with Crippen molar-refractivity contribution in [3.8, 4) is 17.2 Å². The third kappa shape index (κ3) is 7.42. The van der Waals surface area contributed by atoms with Crippen LogP contribution in [-0.2, 0) is 23.1 Å². The quantitative estimate of drug-likeness (QED) is 0.212. The molecule has 3 aromatic rings. The van der Waals surface area contributed by atoms with Crippen LogP contribution >= 0.6 is 11.3 Å². The van der Waals surface area contributed by atoms with E-state index in [1.54, 1.807) is 41.7 Å². The molecule has 4 rings (SSSR count). The molecular weight excluding hydrogens is 558 g/mol. The van der Waals surface area contributed by atoms with Crippen LogP contribution in [0, 0.1) is 12.8 Å². The zero-order chi connectivity index (χ0) is 28.9. The number of hydrogen-bond donors (Lipinski definition) is 2. The van der Waals surface area contributed by atoms with Crippen LogP contribution in [0.25, 0.3) is 0 Å². The summed E-state index contributed by atoms with van der Waals surface area (Å²) in [6, 6.07) is 10.7. The number of rotatable bonds is 13. The summed E-state index contributed by atoms with van der Waals surface area (Å²) < 4.78 is 44.8. The van der Waals surface area contributed by atoms with Crippen molar-refractivity contribution >= 4 is 27.5 Å². The number of hydrogen-bond acceptors (Lipinski definition) is 9. The molecule has 2 heterocycles. The SMILES string of the molecule is Cc1nc(COc2ccc(CC(CCN(CC(C)C)S(=O)(=O)c3ccc4c(c3)OCO4)N(O)C(=O)O)cc2)cs1. The van der Waals surface area contributed by atoms with Crippen LogP contribution in [0.4, 0.5) is 4.79 Å². The number of hydroxylamine groups is 2. The highest BCUT2D eigenvalue weighted by atomic mass is 32.2. The number of aryl methyl sites for hydroxylation is 1. The molecular formula is C27H33N3O8S2. The van der Waals surface area contributed by atoms with E-state index in [0.29, 0.717) is 23.9 Å². The van der Waals surface area contributed by atoms with Crippen molar-refractivity contribution in [2.75, 3.05) is 19.9 Å². The fourth-order valence-corrected chi connectivity index (χ4v) is 6.52. The van der Waals surface area contributed by atoms with E-state index in [1.807, 2.05) is 26.2 Å². The van der Waals surface area contributed by atoms with Gasteiger partial charge in [-0.15, -0.1) is 11.3 Å². The van der Waals surface area contributed by atoms with E-state index in [9.17, 15) is 23.5 Å². The molecule has 216 valence electrons. The highest BCUT2D eigenvalue weighted by molar-refractivity contribution is 7.89. The summed E-state index contributed by atoms with van der Waals surface area (Å²) in [5.74, 6) is 1.46. The molecule has 0 radical (unpaired) electrons. The Hall–Kier alpha value is -3.39. The van der Waals surface area contributed by atoms with E-state index in [-0.39, 0.29) is 48.6 Å². The summed E-state index contributed by atoms with van der Waals surface area (Å²) >= 11 is 1.55. The van der Waals surface area contributed by atoms with Crippen LogP contribution in [0.1, 0.15) is 36.5 Å². The first-order valence-electron chi connectivity index (χ1n) is 12.8. The molecule has 0 fully saturated rings. The average molecular weight is 592 g/mol. The highest BCUT2D eigenvalue weighted by Gasteiger charge is 2.30. The zero-order valence-electron chi connectivity index (χ0n) is 22.5. The Morgan fingerprint density at radius 3 is 2.52 bits per heavy atom. The average Bonchev–Trinajstić information content (AvgIpc) is 3.57. The molecule has 1 unspecified atom stereocenters. The number of carbonyl (C=O) groups is 1. The van der Waals surface area contributed by atoms with Crippen molar-refractivity contribution in [2.45, 2.75) is 51.2 Å². The minimum Gasteiger partial charge on any atom is -0.487 e. The summed E-state index contributed by atoms with van der Waals surface area (Å²) in [7, 11) is -3.94. The molecule has 0 spiro atoms. The van der Waals surface area contributed by atoms with Gasteiger partial charge in [-0.05, 0) is 55.5 Å². The second-order valence-electron chi connectivity index (χ2n) is 9.84. The van der Waals surface area contributed by atoms with Crippen LogP contribution in [0.2, 0.25) is 0 Å². The standard InChI is InChI=1S/C27H33N3O8S2/c1-18(2)14-29(40(34,35)24-8-9-25-26(13-24)38-17-37-25)11-10-22(30(33)27(31)32)12-20-4-6-23(7-5-20)36-15-21-16-39-19(3)28-21/h4-9,13,16,18,22,33H,10-12,14-15,17H2,1-3H3,(H,31,32). The predicted octanol–water partition coefficient (Wildman–Crippen LogP) is 4.78. The molecule has 2 aromatic carbocycles. The summed E-state index contributed by atoms with van der Waals surface area (Å²) in [5.41, 5.74) is 1.60. The van der Waals surface area contributed by atoms with Crippen molar-refractivity contribution in [2.24, 2.45) is 5.92 Å². The molecule has 1 aliphatic rings. The lowest BCUT2D eigenvalue weighted by atomic mass is 10.0. The van der Waals surface area contributed by atoms with Gasteiger partial charge in [0, 0.05) is 24.5 Å². The minimum absolute atomic E-state index is 0.00177. The molecule has 40 heavy (non-hydrogen) atoms. The van der Waals surface area contributed by atoms with Crippen molar-refractivity contribution in [3.63, 3.8) is 0 Å². The molecule has 0 aliphatic carbocycles. The Morgan fingerprint density at radius 1 is 1.15 bits per heavy atom. The van der Waals surface area contributed by atoms with Gasteiger partial charge >= 0.3 is 6.09 Å². The second kappa shape index (κ2) is 12.9. The number of thiazole rings is 1. The molecule has 11 nitrogen and oxygen atoms in total. The lowest BCUT2D eigenvalue weighted by Crippen LogP contribution is -2.42. The van der Waals surface area contributed by atoms with Gasteiger partial charge in [-0.1, -0.05) is 26.0 Å². The number of sulfonamides is 1. The van der Waals surface area contributed by atoms with Crippen LogP contribution in [-0.4, -0.2) is 65.1 Å². The normalized spacial score (nSPS) is 13.6. The largest absolute Gasteiger partial charge is 0.487 e. The molecule has 1 aromatic heterocycles. The molecule has 0 bridgehead atoms. The number of amides is 1. The molecule has 0 saturated heterocycles. The van der Waals surface area contributed by atoms with E-state index in [4.69, 9.17) is 14.2 Å². The van der Waals surface area contributed by atoms with Gasteiger partial charge in [0.25, 0.3) is 0 Å².